The molecule has 0 heterocycles. The molecule has 2 saturated carbocycles. The van der Waals surface area contributed by atoms with Gasteiger partial charge in [0, 0.05) is 0 Å². The Hall–Kier alpha value is -1.97. The van der Waals surface area contributed by atoms with E-state index in [2.05, 4.69) is 6.92 Å². The van der Waals surface area contributed by atoms with Gasteiger partial charge in [-0.15, -0.1) is 0 Å². The second-order valence-corrected chi connectivity index (χ2v) is 10.4. The average molecular weight is 473 g/mol. The maximum atomic E-state index is 14.9. The molecular formula is C30H39F3O. The van der Waals surface area contributed by atoms with Crippen molar-refractivity contribution in [3.05, 3.63) is 64.5 Å². The Kier molecular flexibility index (Phi) is 8.60. The SMILES string of the molecule is CCOc1ccc(C2CCC(CCc3ccc(C4CCC(CC)CC4)c(F)c3F)CC2)cc1F. The van der Waals surface area contributed by atoms with E-state index in [1.807, 2.05) is 25.1 Å². The summed E-state index contributed by atoms with van der Waals surface area (Å²) in [7, 11) is 0. The van der Waals surface area contributed by atoms with Crippen molar-refractivity contribution in [2.24, 2.45) is 11.8 Å². The summed E-state index contributed by atoms with van der Waals surface area (Å²) in [6.07, 6.45) is 10.9. The number of rotatable bonds is 8. The first kappa shape index (κ1) is 25.1. The van der Waals surface area contributed by atoms with Crippen LogP contribution >= 0.6 is 0 Å². The van der Waals surface area contributed by atoms with Crippen molar-refractivity contribution in [2.45, 2.75) is 96.3 Å². The van der Waals surface area contributed by atoms with Gasteiger partial charge in [0.05, 0.1) is 6.61 Å². The molecule has 2 fully saturated rings. The van der Waals surface area contributed by atoms with Crippen LogP contribution in [0.2, 0.25) is 0 Å². The summed E-state index contributed by atoms with van der Waals surface area (Å²) >= 11 is 0. The molecule has 34 heavy (non-hydrogen) atoms. The molecule has 0 N–H and O–H groups in total. The average Bonchev–Trinajstić information content (AvgIpc) is 2.87. The lowest BCUT2D eigenvalue weighted by molar-refractivity contribution is 0.305. The lowest BCUT2D eigenvalue weighted by Gasteiger charge is -2.29. The quantitative estimate of drug-likeness (QED) is 0.372. The minimum atomic E-state index is -0.631. The van der Waals surface area contributed by atoms with Crippen LogP contribution in [0.4, 0.5) is 13.2 Å². The lowest BCUT2D eigenvalue weighted by Crippen LogP contribution is -2.16. The van der Waals surface area contributed by atoms with Crippen LogP contribution in [-0.4, -0.2) is 6.61 Å². The Morgan fingerprint density at radius 2 is 1.44 bits per heavy atom. The summed E-state index contributed by atoms with van der Waals surface area (Å²) in [6, 6.07) is 9.00. The molecule has 0 atom stereocenters. The first-order valence-electron chi connectivity index (χ1n) is 13.4. The fourth-order valence-corrected chi connectivity index (χ4v) is 6.18. The summed E-state index contributed by atoms with van der Waals surface area (Å²) < 4.78 is 49.4. The van der Waals surface area contributed by atoms with Gasteiger partial charge >= 0.3 is 0 Å². The summed E-state index contributed by atoms with van der Waals surface area (Å²) in [4.78, 5) is 0. The van der Waals surface area contributed by atoms with Crippen molar-refractivity contribution in [3.63, 3.8) is 0 Å². The molecule has 0 spiro atoms. The Bertz CT molecular complexity index is 940. The topological polar surface area (TPSA) is 9.23 Å². The van der Waals surface area contributed by atoms with Gasteiger partial charge in [0.2, 0.25) is 0 Å². The number of benzene rings is 2. The van der Waals surface area contributed by atoms with Crippen molar-refractivity contribution < 1.29 is 17.9 Å². The molecule has 4 heteroatoms. The molecule has 0 unspecified atom stereocenters. The Morgan fingerprint density at radius 3 is 2.09 bits per heavy atom. The predicted octanol–water partition coefficient (Wildman–Crippen LogP) is 9.09. The van der Waals surface area contributed by atoms with Crippen LogP contribution in [0.25, 0.3) is 0 Å². The molecule has 0 saturated heterocycles. The van der Waals surface area contributed by atoms with E-state index in [4.69, 9.17) is 4.74 Å². The van der Waals surface area contributed by atoms with Crippen molar-refractivity contribution >= 4 is 0 Å². The minimum absolute atomic E-state index is 0.161. The van der Waals surface area contributed by atoms with E-state index >= 15 is 0 Å². The third-order valence-electron chi connectivity index (χ3n) is 8.45. The summed E-state index contributed by atoms with van der Waals surface area (Å²) in [5.41, 5.74) is 2.13. The Balaban J connectivity index is 1.29. The highest BCUT2D eigenvalue weighted by molar-refractivity contribution is 5.32. The fourth-order valence-electron chi connectivity index (χ4n) is 6.18. The molecular weight excluding hydrogens is 433 g/mol. The van der Waals surface area contributed by atoms with E-state index in [0.717, 1.165) is 69.3 Å². The number of hydrogen-bond acceptors (Lipinski definition) is 1. The summed E-state index contributed by atoms with van der Waals surface area (Å²) in [6.45, 7) is 4.52. The van der Waals surface area contributed by atoms with Crippen molar-refractivity contribution in [2.75, 3.05) is 6.61 Å². The van der Waals surface area contributed by atoms with Crippen molar-refractivity contribution in [3.8, 4) is 5.75 Å². The highest BCUT2D eigenvalue weighted by Gasteiger charge is 2.27. The standard InChI is InChI=1S/C30H39F3O/c1-3-20-5-12-23(13-6-20)26-17-15-24(29(32)30(26)33)14-9-21-7-10-22(11-8-21)25-16-18-28(34-4-2)27(31)19-25/h15-23H,3-14H2,1-2H3. The van der Waals surface area contributed by atoms with Gasteiger partial charge < -0.3 is 4.74 Å². The van der Waals surface area contributed by atoms with E-state index in [0.29, 0.717) is 41.7 Å². The van der Waals surface area contributed by atoms with Crippen LogP contribution in [0.5, 0.6) is 5.75 Å². The lowest BCUT2D eigenvalue weighted by atomic mass is 9.76. The summed E-state index contributed by atoms with van der Waals surface area (Å²) in [5.74, 6) is 0.552. The monoisotopic (exact) mass is 472 g/mol. The van der Waals surface area contributed by atoms with Crippen LogP contribution in [0.15, 0.2) is 30.3 Å². The zero-order valence-corrected chi connectivity index (χ0v) is 20.7. The molecule has 2 aromatic rings. The maximum Gasteiger partial charge on any atom is 0.165 e. The van der Waals surface area contributed by atoms with Gasteiger partial charge in [0.15, 0.2) is 23.2 Å². The minimum Gasteiger partial charge on any atom is -0.491 e. The maximum absolute atomic E-state index is 14.9. The van der Waals surface area contributed by atoms with E-state index < -0.39 is 11.6 Å². The predicted molar refractivity (Wildman–Crippen MR) is 132 cm³/mol. The van der Waals surface area contributed by atoms with Gasteiger partial charge in [0.1, 0.15) is 0 Å². The normalized spacial score (nSPS) is 25.3. The second-order valence-electron chi connectivity index (χ2n) is 10.4. The van der Waals surface area contributed by atoms with Crippen LogP contribution in [0, 0.1) is 29.3 Å². The van der Waals surface area contributed by atoms with Crippen LogP contribution in [0.1, 0.15) is 107 Å². The second kappa shape index (κ2) is 11.6. The first-order valence-corrected chi connectivity index (χ1v) is 13.4. The largest absolute Gasteiger partial charge is 0.491 e. The van der Waals surface area contributed by atoms with Crippen molar-refractivity contribution in [1.29, 1.82) is 0 Å². The number of ether oxygens (including phenoxy) is 1. The van der Waals surface area contributed by atoms with E-state index in [1.54, 1.807) is 12.1 Å². The zero-order chi connectivity index (χ0) is 24.1. The molecule has 0 bridgehead atoms. The molecule has 4 rings (SSSR count). The molecule has 2 aromatic carbocycles. The highest BCUT2D eigenvalue weighted by Crippen LogP contribution is 2.40. The fraction of sp³-hybridized carbons (Fsp3) is 0.600. The smallest absolute Gasteiger partial charge is 0.165 e. The van der Waals surface area contributed by atoms with Crippen LogP contribution in [-0.2, 0) is 6.42 Å². The molecule has 1 nitrogen and oxygen atoms in total. The van der Waals surface area contributed by atoms with E-state index in [9.17, 15) is 13.2 Å². The molecule has 186 valence electrons. The Morgan fingerprint density at radius 1 is 0.765 bits per heavy atom. The van der Waals surface area contributed by atoms with Crippen LogP contribution < -0.4 is 4.74 Å². The van der Waals surface area contributed by atoms with Gasteiger partial charge in [-0.1, -0.05) is 31.5 Å². The molecule has 0 aliphatic heterocycles. The Labute approximate surface area is 203 Å². The third kappa shape index (κ3) is 5.80. The van der Waals surface area contributed by atoms with Gasteiger partial charge in [-0.3, -0.25) is 0 Å². The molecule has 0 aromatic heterocycles. The van der Waals surface area contributed by atoms with Crippen LogP contribution in [0.3, 0.4) is 0 Å². The van der Waals surface area contributed by atoms with E-state index in [1.165, 1.54) is 6.42 Å². The van der Waals surface area contributed by atoms with Gasteiger partial charge in [0.25, 0.3) is 0 Å². The zero-order valence-electron chi connectivity index (χ0n) is 20.7. The number of halogens is 3. The van der Waals surface area contributed by atoms with Gasteiger partial charge in [-0.05, 0) is 124 Å². The highest BCUT2D eigenvalue weighted by atomic mass is 19.2. The molecule has 2 aliphatic rings. The number of hydrogen-bond donors (Lipinski definition) is 0. The summed E-state index contributed by atoms with van der Waals surface area (Å²) in [5, 5.41) is 0. The third-order valence-corrected chi connectivity index (χ3v) is 8.45. The van der Waals surface area contributed by atoms with E-state index in [-0.39, 0.29) is 11.7 Å². The first-order chi connectivity index (χ1) is 16.5. The molecule has 2 aliphatic carbocycles. The van der Waals surface area contributed by atoms with Gasteiger partial charge in [-0.2, -0.15) is 0 Å². The molecule has 0 radical (unpaired) electrons. The van der Waals surface area contributed by atoms with Gasteiger partial charge in [-0.25, -0.2) is 13.2 Å². The number of aryl methyl sites for hydroxylation is 1. The molecule has 0 amide bonds. The van der Waals surface area contributed by atoms with Crippen molar-refractivity contribution in [1.82, 2.24) is 0 Å².